The number of aromatic nitrogens is 1. The monoisotopic (exact) mass is 517 g/mol. The molecule has 35 heavy (non-hydrogen) atoms. The summed E-state index contributed by atoms with van der Waals surface area (Å²) in [6, 6.07) is 14.1. The summed E-state index contributed by atoms with van der Waals surface area (Å²) >= 11 is 1.18. The molecule has 1 fully saturated rings. The summed E-state index contributed by atoms with van der Waals surface area (Å²) < 4.78 is 34.2. The molecule has 1 amide bonds. The Kier molecular flexibility index (Phi) is 8.01. The van der Waals surface area contributed by atoms with E-state index in [2.05, 4.69) is 10.6 Å². The van der Waals surface area contributed by atoms with Crippen LogP contribution < -0.4 is 20.1 Å². The van der Waals surface area contributed by atoms with E-state index in [9.17, 15) is 18.4 Å². The van der Waals surface area contributed by atoms with Gasteiger partial charge in [0, 0.05) is 53.0 Å². The maximum atomic E-state index is 13.1. The minimum atomic E-state index is -3.57. The van der Waals surface area contributed by atoms with Crippen molar-refractivity contribution in [3.8, 4) is 5.75 Å². The fraction of sp³-hybridized carbons (Fsp3) is 0.333. The van der Waals surface area contributed by atoms with Gasteiger partial charge < -0.3 is 15.4 Å². The first kappa shape index (κ1) is 25.1. The Morgan fingerprint density at radius 2 is 1.89 bits per heavy atom. The SMILES string of the molecule is COc1cccc(C(=O)NCc2ccc(S(=O)(=O)N3CCC(NCc4cc[n+](O)cc4)CC3)s2)c1. The maximum absolute atomic E-state index is 13.1. The number of methoxy groups -OCH3 is 1. The quantitative estimate of drug-likeness (QED) is 0.296. The van der Waals surface area contributed by atoms with Crippen LogP contribution in [0.5, 0.6) is 5.75 Å². The van der Waals surface area contributed by atoms with Crippen molar-refractivity contribution >= 4 is 27.3 Å². The molecule has 0 radical (unpaired) electrons. The number of amides is 1. The van der Waals surface area contributed by atoms with Crippen LogP contribution in [-0.4, -0.2) is 50.1 Å². The van der Waals surface area contributed by atoms with Crippen molar-refractivity contribution in [3.05, 3.63) is 76.9 Å². The molecule has 1 aliphatic rings. The number of benzene rings is 1. The Bertz CT molecular complexity index is 1250. The van der Waals surface area contributed by atoms with Gasteiger partial charge in [-0.25, -0.2) is 8.42 Å². The number of hydrogen-bond donors (Lipinski definition) is 3. The van der Waals surface area contributed by atoms with Crippen LogP contribution in [0.1, 0.15) is 33.6 Å². The van der Waals surface area contributed by atoms with E-state index >= 15 is 0 Å². The lowest BCUT2D eigenvalue weighted by Gasteiger charge is -2.31. The van der Waals surface area contributed by atoms with Crippen LogP contribution in [-0.2, 0) is 23.1 Å². The fourth-order valence-electron chi connectivity index (χ4n) is 3.88. The summed E-state index contributed by atoms with van der Waals surface area (Å²) in [6.45, 7) is 1.81. The number of pyridine rings is 1. The largest absolute Gasteiger partial charge is 0.497 e. The number of sulfonamides is 1. The smallest absolute Gasteiger partial charge is 0.252 e. The van der Waals surface area contributed by atoms with Gasteiger partial charge in [0.15, 0.2) is 0 Å². The molecule has 0 spiro atoms. The number of nitrogens with zero attached hydrogens (tertiary/aromatic N) is 2. The third-order valence-electron chi connectivity index (χ3n) is 5.92. The van der Waals surface area contributed by atoms with E-state index in [4.69, 9.17) is 4.74 Å². The van der Waals surface area contributed by atoms with Gasteiger partial charge >= 0.3 is 0 Å². The Morgan fingerprint density at radius 3 is 2.60 bits per heavy atom. The predicted octanol–water partition coefficient (Wildman–Crippen LogP) is 2.15. The first-order valence-corrected chi connectivity index (χ1v) is 13.5. The lowest BCUT2D eigenvalue weighted by atomic mass is 10.1. The Labute approximate surface area is 209 Å². The Balaban J connectivity index is 1.28. The molecule has 1 saturated heterocycles. The van der Waals surface area contributed by atoms with Crippen LogP contribution in [0.2, 0.25) is 0 Å². The molecule has 0 bridgehead atoms. The highest BCUT2D eigenvalue weighted by Crippen LogP contribution is 2.27. The van der Waals surface area contributed by atoms with Crippen molar-refractivity contribution in [1.29, 1.82) is 0 Å². The molecule has 11 heteroatoms. The molecule has 1 aliphatic heterocycles. The molecule has 3 N–H and O–H groups in total. The third-order valence-corrected chi connectivity index (χ3v) is 9.37. The summed E-state index contributed by atoms with van der Waals surface area (Å²) in [4.78, 5) is 13.2. The number of rotatable bonds is 9. The number of thiophene rings is 1. The van der Waals surface area contributed by atoms with E-state index in [-0.39, 0.29) is 22.7 Å². The minimum absolute atomic E-state index is 0.230. The molecule has 0 atom stereocenters. The fourth-order valence-corrected chi connectivity index (χ4v) is 6.80. The molecule has 4 rings (SSSR count). The summed E-state index contributed by atoms with van der Waals surface area (Å²) in [5.41, 5.74) is 1.53. The second kappa shape index (κ2) is 11.2. The number of ether oxygens (including phenoxy) is 1. The zero-order chi connectivity index (χ0) is 24.8. The van der Waals surface area contributed by atoms with Gasteiger partial charge in [-0.3, -0.25) is 10.0 Å². The van der Waals surface area contributed by atoms with E-state index in [1.807, 2.05) is 12.1 Å². The number of nitrogens with one attached hydrogen (secondary N) is 2. The maximum Gasteiger partial charge on any atom is 0.252 e. The van der Waals surface area contributed by atoms with Crippen molar-refractivity contribution < 1.29 is 27.9 Å². The molecular weight excluding hydrogens is 488 g/mol. The molecule has 186 valence electrons. The summed E-state index contributed by atoms with van der Waals surface area (Å²) in [7, 11) is -2.03. The van der Waals surface area contributed by atoms with Crippen molar-refractivity contribution in [2.45, 2.75) is 36.2 Å². The average Bonchev–Trinajstić information content (AvgIpc) is 3.37. The Morgan fingerprint density at radius 1 is 1.14 bits per heavy atom. The van der Waals surface area contributed by atoms with E-state index < -0.39 is 10.0 Å². The molecule has 0 unspecified atom stereocenters. The molecule has 3 aromatic rings. The second-order valence-corrected chi connectivity index (χ2v) is 11.6. The van der Waals surface area contributed by atoms with Gasteiger partial charge in [-0.05, 0) is 48.7 Å². The molecular formula is C24H29N4O5S2+. The van der Waals surface area contributed by atoms with Crippen molar-refractivity contribution in [1.82, 2.24) is 14.9 Å². The van der Waals surface area contributed by atoms with Gasteiger partial charge in [0.2, 0.25) is 12.4 Å². The second-order valence-electron chi connectivity index (χ2n) is 8.28. The molecule has 0 saturated carbocycles. The minimum Gasteiger partial charge on any atom is -0.497 e. The Hall–Kier alpha value is -2.99. The first-order chi connectivity index (χ1) is 16.8. The van der Waals surface area contributed by atoms with Crippen LogP contribution in [0.4, 0.5) is 0 Å². The number of carbonyl (C=O) groups is 1. The zero-order valence-electron chi connectivity index (χ0n) is 19.4. The molecule has 2 aromatic heterocycles. The zero-order valence-corrected chi connectivity index (χ0v) is 21.0. The normalized spacial score (nSPS) is 15.1. The molecule has 0 aliphatic carbocycles. The van der Waals surface area contributed by atoms with Crippen molar-refractivity contribution in [2.24, 2.45) is 0 Å². The van der Waals surface area contributed by atoms with E-state index in [1.54, 1.807) is 55.9 Å². The molecule has 3 heterocycles. The highest BCUT2D eigenvalue weighted by Gasteiger charge is 2.30. The number of carbonyl (C=O) groups excluding carboxylic acids is 1. The number of piperidine rings is 1. The van der Waals surface area contributed by atoms with Gasteiger partial charge in [-0.15, -0.1) is 11.3 Å². The number of hydrogen-bond acceptors (Lipinski definition) is 7. The molecule has 1 aromatic carbocycles. The van der Waals surface area contributed by atoms with Gasteiger partial charge in [0.05, 0.1) is 13.7 Å². The van der Waals surface area contributed by atoms with Crippen molar-refractivity contribution in [3.63, 3.8) is 0 Å². The van der Waals surface area contributed by atoms with Gasteiger partial charge in [0.1, 0.15) is 9.96 Å². The summed E-state index contributed by atoms with van der Waals surface area (Å²) in [5.74, 6) is 0.350. The lowest BCUT2D eigenvalue weighted by Crippen LogP contribution is -2.44. The van der Waals surface area contributed by atoms with Crippen LogP contribution >= 0.6 is 11.3 Å². The highest BCUT2D eigenvalue weighted by molar-refractivity contribution is 7.91. The van der Waals surface area contributed by atoms with Gasteiger partial charge in [-0.1, -0.05) is 6.07 Å². The topological polar surface area (TPSA) is 112 Å². The van der Waals surface area contributed by atoms with Gasteiger partial charge in [-0.2, -0.15) is 4.31 Å². The van der Waals surface area contributed by atoms with Crippen LogP contribution in [0.15, 0.2) is 65.1 Å². The van der Waals surface area contributed by atoms with Gasteiger partial charge in [0.25, 0.3) is 15.9 Å². The lowest BCUT2D eigenvalue weighted by molar-refractivity contribution is -0.904. The standard InChI is InChI=1S/C24H28N4O5S2/c1-33-21-4-2-3-19(15-21)24(29)26-17-22-5-6-23(34-22)35(31,32)28-13-9-20(10-14-28)25-16-18-7-11-27(30)12-8-18/h2-8,11-12,15,20,25H,9-10,13-14,16-17H2,1H3,(H-,26,29,30)/p+1. The average molecular weight is 518 g/mol. The van der Waals surface area contributed by atoms with Crippen LogP contribution in [0.25, 0.3) is 0 Å². The summed E-state index contributed by atoms with van der Waals surface area (Å²) in [5, 5.41) is 15.6. The third kappa shape index (κ3) is 6.37. The molecule has 9 nitrogen and oxygen atoms in total. The first-order valence-electron chi connectivity index (χ1n) is 11.3. The summed E-state index contributed by atoms with van der Waals surface area (Å²) in [6.07, 6.45) is 4.60. The van der Waals surface area contributed by atoms with Crippen LogP contribution in [0.3, 0.4) is 0 Å². The van der Waals surface area contributed by atoms with Crippen molar-refractivity contribution in [2.75, 3.05) is 20.2 Å². The highest BCUT2D eigenvalue weighted by atomic mass is 32.2. The van der Waals surface area contributed by atoms with E-state index in [0.29, 0.717) is 30.9 Å². The predicted molar refractivity (Wildman–Crippen MR) is 131 cm³/mol. The van der Waals surface area contributed by atoms with E-state index in [0.717, 1.165) is 28.0 Å². The van der Waals surface area contributed by atoms with E-state index in [1.165, 1.54) is 15.6 Å². The van der Waals surface area contributed by atoms with Crippen LogP contribution in [0, 0.1) is 0 Å².